The Bertz CT molecular complexity index is 440. The van der Waals surface area contributed by atoms with Crippen LogP contribution in [-0.4, -0.2) is 28.2 Å². The average molecular weight is 236 g/mol. The highest BCUT2D eigenvalue weighted by molar-refractivity contribution is 5.38. The smallest absolute Gasteiger partial charge is 0.293 e. The number of hydrogen-bond acceptors (Lipinski definition) is 4. The Balaban J connectivity index is 2.36. The molecule has 17 heavy (non-hydrogen) atoms. The number of aromatic nitrogens is 2. The lowest BCUT2D eigenvalue weighted by atomic mass is 9.97. The fraction of sp³-hybridized carbons (Fsp3) is 0.667. The van der Waals surface area contributed by atoms with E-state index < -0.39 is 0 Å². The summed E-state index contributed by atoms with van der Waals surface area (Å²) in [6.45, 7) is 2.87. The van der Waals surface area contributed by atoms with E-state index in [4.69, 9.17) is 5.73 Å². The summed E-state index contributed by atoms with van der Waals surface area (Å²) in [6, 6.07) is 0.286. The third-order valence-electron chi connectivity index (χ3n) is 3.43. The van der Waals surface area contributed by atoms with Gasteiger partial charge in [-0.3, -0.25) is 4.79 Å². The van der Waals surface area contributed by atoms with E-state index in [1.807, 2.05) is 6.92 Å². The Kier molecular flexibility index (Phi) is 3.47. The minimum atomic E-state index is -0.0416. The van der Waals surface area contributed by atoms with E-state index in [9.17, 15) is 4.79 Å². The summed E-state index contributed by atoms with van der Waals surface area (Å²) < 4.78 is 1.56. The van der Waals surface area contributed by atoms with Gasteiger partial charge in [-0.15, -0.1) is 0 Å². The summed E-state index contributed by atoms with van der Waals surface area (Å²) in [6.07, 6.45) is 6.66. The molecule has 1 fully saturated rings. The van der Waals surface area contributed by atoms with Crippen LogP contribution in [0.3, 0.4) is 0 Å². The zero-order valence-electron chi connectivity index (χ0n) is 10.5. The van der Waals surface area contributed by atoms with Crippen LogP contribution in [0.2, 0.25) is 0 Å². The molecule has 2 rings (SSSR count). The number of hydrogen-bond donors (Lipinski definition) is 1. The zero-order chi connectivity index (χ0) is 12.4. The lowest BCUT2D eigenvalue weighted by Crippen LogP contribution is -2.51. The first-order valence-electron chi connectivity index (χ1n) is 6.15. The molecule has 0 spiro atoms. The fourth-order valence-electron chi connectivity index (χ4n) is 2.45. The van der Waals surface area contributed by atoms with Crippen molar-refractivity contribution < 1.29 is 0 Å². The number of piperidine rings is 1. The van der Waals surface area contributed by atoms with Crippen molar-refractivity contribution in [3.8, 4) is 0 Å². The molecule has 1 saturated heterocycles. The molecule has 0 aliphatic carbocycles. The largest absolute Gasteiger partial charge is 0.347 e. The molecule has 1 aliphatic rings. The first kappa shape index (κ1) is 12.1. The first-order valence-corrected chi connectivity index (χ1v) is 6.15. The molecular formula is C12H20N4O. The Morgan fingerprint density at radius 1 is 1.53 bits per heavy atom. The zero-order valence-corrected chi connectivity index (χ0v) is 10.5. The second-order valence-corrected chi connectivity index (χ2v) is 4.78. The fourth-order valence-corrected chi connectivity index (χ4v) is 2.45. The van der Waals surface area contributed by atoms with Gasteiger partial charge in [0.05, 0.1) is 0 Å². The molecule has 2 N–H and O–H groups in total. The normalized spacial score (nSPS) is 22.5. The van der Waals surface area contributed by atoms with Gasteiger partial charge in [0.25, 0.3) is 5.56 Å². The quantitative estimate of drug-likeness (QED) is 0.811. The van der Waals surface area contributed by atoms with Crippen molar-refractivity contribution in [1.82, 2.24) is 9.55 Å². The van der Waals surface area contributed by atoms with Gasteiger partial charge < -0.3 is 15.2 Å². The summed E-state index contributed by atoms with van der Waals surface area (Å²) in [5, 5.41) is 0. The van der Waals surface area contributed by atoms with Gasteiger partial charge >= 0.3 is 0 Å². The van der Waals surface area contributed by atoms with E-state index in [-0.39, 0.29) is 17.6 Å². The second-order valence-electron chi connectivity index (χ2n) is 4.78. The van der Waals surface area contributed by atoms with Gasteiger partial charge in [0, 0.05) is 38.1 Å². The van der Waals surface area contributed by atoms with E-state index in [1.54, 1.807) is 24.0 Å². The Labute approximate surface area is 101 Å². The van der Waals surface area contributed by atoms with Crippen LogP contribution in [-0.2, 0) is 7.05 Å². The first-order chi connectivity index (χ1) is 8.11. The summed E-state index contributed by atoms with van der Waals surface area (Å²) in [4.78, 5) is 18.4. The predicted molar refractivity (Wildman–Crippen MR) is 68.1 cm³/mol. The maximum Gasteiger partial charge on any atom is 0.293 e. The molecule has 5 nitrogen and oxygen atoms in total. The highest BCUT2D eigenvalue weighted by Gasteiger charge is 2.28. The molecule has 2 heterocycles. The molecule has 0 bridgehead atoms. The van der Waals surface area contributed by atoms with Crippen molar-refractivity contribution >= 4 is 5.82 Å². The lowest BCUT2D eigenvalue weighted by Gasteiger charge is -2.38. The van der Waals surface area contributed by atoms with Crippen molar-refractivity contribution in [2.45, 2.75) is 38.3 Å². The summed E-state index contributed by atoms with van der Waals surface area (Å²) in [5.74, 6) is 0.539. The maximum absolute atomic E-state index is 12.1. The van der Waals surface area contributed by atoms with Crippen LogP contribution in [0, 0.1) is 0 Å². The summed E-state index contributed by atoms with van der Waals surface area (Å²) in [7, 11) is 1.75. The standard InChI is InChI=1S/C12H20N4O/c1-9(13)10-5-3-4-7-16(10)11-12(17)15(2)8-6-14-11/h6,8-10H,3-5,7,13H2,1-2H3. The number of anilines is 1. The SMILES string of the molecule is CC(N)C1CCCCN1c1nccn(C)c1=O. The molecular weight excluding hydrogens is 216 g/mol. The molecule has 1 aromatic heterocycles. The number of rotatable bonds is 2. The third-order valence-corrected chi connectivity index (χ3v) is 3.43. The molecule has 5 heteroatoms. The van der Waals surface area contributed by atoms with Gasteiger partial charge in [-0.05, 0) is 26.2 Å². The number of nitrogens with two attached hydrogens (primary N) is 1. The van der Waals surface area contributed by atoms with E-state index in [2.05, 4.69) is 9.88 Å². The van der Waals surface area contributed by atoms with Crippen LogP contribution in [0.25, 0.3) is 0 Å². The Morgan fingerprint density at radius 2 is 2.29 bits per heavy atom. The van der Waals surface area contributed by atoms with E-state index in [0.29, 0.717) is 5.82 Å². The van der Waals surface area contributed by atoms with Crippen molar-refractivity contribution in [2.75, 3.05) is 11.4 Å². The topological polar surface area (TPSA) is 64.2 Å². The van der Waals surface area contributed by atoms with Gasteiger partial charge in [0.2, 0.25) is 0 Å². The van der Waals surface area contributed by atoms with Crippen LogP contribution in [0.4, 0.5) is 5.82 Å². The van der Waals surface area contributed by atoms with Crippen LogP contribution in [0.15, 0.2) is 17.2 Å². The van der Waals surface area contributed by atoms with E-state index in [1.165, 1.54) is 6.42 Å². The minimum absolute atomic E-state index is 0.0416. The molecule has 94 valence electrons. The van der Waals surface area contributed by atoms with Gasteiger partial charge in [0.1, 0.15) is 0 Å². The molecule has 0 aromatic carbocycles. The van der Waals surface area contributed by atoms with Gasteiger partial charge in [-0.2, -0.15) is 0 Å². The monoisotopic (exact) mass is 236 g/mol. The number of nitrogens with zero attached hydrogens (tertiary/aromatic N) is 3. The molecule has 1 aromatic rings. The second kappa shape index (κ2) is 4.87. The van der Waals surface area contributed by atoms with Crippen molar-refractivity contribution in [3.05, 3.63) is 22.7 Å². The van der Waals surface area contributed by atoms with Crippen molar-refractivity contribution in [1.29, 1.82) is 0 Å². The Morgan fingerprint density at radius 3 is 3.00 bits per heavy atom. The predicted octanol–water partition coefficient (Wildman–Crippen LogP) is 0.486. The van der Waals surface area contributed by atoms with E-state index in [0.717, 1.165) is 19.4 Å². The lowest BCUT2D eigenvalue weighted by molar-refractivity contribution is 0.409. The highest BCUT2D eigenvalue weighted by atomic mass is 16.1. The minimum Gasteiger partial charge on any atom is -0.347 e. The molecule has 2 unspecified atom stereocenters. The summed E-state index contributed by atoms with van der Waals surface area (Å²) in [5.41, 5.74) is 5.96. The molecule has 0 amide bonds. The average Bonchev–Trinajstić information content (AvgIpc) is 2.33. The van der Waals surface area contributed by atoms with E-state index >= 15 is 0 Å². The molecule has 0 radical (unpaired) electrons. The van der Waals surface area contributed by atoms with Crippen molar-refractivity contribution in [3.63, 3.8) is 0 Å². The number of aryl methyl sites for hydroxylation is 1. The van der Waals surface area contributed by atoms with Gasteiger partial charge in [0.15, 0.2) is 5.82 Å². The maximum atomic E-state index is 12.1. The van der Waals surface area contributed by atoms with Crippen LogP contribution in [0.1, 0.15) is 26.2 Å². The van der Waals surface area contributed by atoms with Crippen molar-refractivity contribution in [2.24, 2.45) is 12.8 Å². The molecule has 2 atom stereocenters. The molecule has 1 aliphatic heterocycles. The van der Waals surface area contributed by atoms with Crippen LogP contribution >= 0.6 is 0 Å². The summed E-state index contributed by atoms with van der Waals surface area (Å²) >= 11 is 0. The van der Waals surface area contributed by atoms with Gasteiger partial charge in [-0.1, -0.05) is 0 Å². The van der Waals surface area contributed by atoms with Crippen LogP contribution in [0.5, 0.6) is 0 Å². The van der Waals surface area contributed by atoms with Crippen LogP contribution < -0.4 is 16.2 Å². The highest BCUT2D eigenvalue weighted by Crippen LogP contribution is 2.22. The van der Waals surface area contributed by atoms with Gasteiger partial charge in [-0.25, -0.2) is 4.98 Å². The molecule has 0 saturated carbocycles. The third kappa shape index (κ3) is 2.34. The Hall–Kier alpha value is -1.36.